The zero-order valence-corrected chi connectivity index (χ0v) is 9.19. The number of hydrogen-bond acceptors (Lipinski definition) is 3. The molecule has 2 aliphatic rings. The number of nitrogens with one attached hydrogen (secondary N) is 1. The summed E-state index contributed by atoms with van der Waals surface area (Å²) in [5.74, 6) is -0.0265. The Kier molecular flexibility index (Phi) is 3.28. The van der Waals surface area contributed by atoms with Crippen LogP contribution in [0.4, 0.5) is 4.79 Å². The van der Waals surface area contributed by atoms with E-state index in [-0.39, 0.29) is 5.91 Å². The topological polar surface area (TPSA) is 72.9 Å². The first-order chi connectivity index (χ1) is 7.70. The summed E-state index contributed by atoms with van der Waals surface area (Å²) in [4.78, 5) is 26.1. The standard InChI is InChI=1S/C10H17N3O3/c14-9(12-6-3-11-4-7-12)8-2-1-5-13(8)10(15)16/h8,11H,1-7H2,(H,15,16)/t8-/m0/s1. The van der Waals surface area contributed by atoms with Crippen molar-refractivity contribution in [2.45, 2.75) is 18.9 Å². The van der Waals surface area contributed by atoms with E-state index in [1.165, 1.54) is 4.90 Å². The highest BCUT2D eigenvalue weighted by Crippen LogP contribution is 2.19. The van der Waals surface area contributed by atoms with E-state index in [1.54, 1.807) is 4.90 Å². The highest BCUT2D eigenvalue weighted by molar-refractivity contribution is 5.86. The molecule has 0 radical (unpaired) electrons. The molecule has 0 aromatic rings. The minimum Gasteiger partial charge on any atom is -0.465 e. The number of carbonyl (C=O) groups is 2. The summed E-state index contributed by atoms with van der Waals surface area (Å²) in [6.07, 6.45) is 0.468. The zero-order valence-electron chi connectivity index (χ0n) is 9.19. The summed E-state index contributed by atoms with van der Waals surface area (Å²) in [5.41, 5.74) is 0. The molecule has 90 valence electrons. The molecule has 2 saturated heterocycles. The Balaban J connectivity index is 1.99. The van der Waals surface area contributed by atoms with E-state index in [1.807, 2.05) is 0 Å². The van der Waals surface area contributed by atoms with Crippen molar-refractivity contribution in [3.8, 4) is 0 Å². The van der Waals surface area contributed by atoms with Crippen LogP contribution in [0.1, 0.15) is 12.8 Å². The van der Waals surface area contributed by atoms with Gasteiger partial charge in [-0.2, -0.15) is 0 Å². The highest BCUT2D eigenvalue weighted by atomic mass is 16.4. The Bertz CT molecular complexity index is 289. The minimum atomic E-state index is -0.981. The van der Waals surface area contributed by atoms with Gasteiger partial charge in [-0.15, -0.1) is 0 Å². The molecule has 16 heavy (non-hydrogen) atoms. The van der Waals surface area contributed by atoms with Gasteiger partial charge in [0.25, 0.3) is 0 Å². The van der Waals surface area contributed by atoms with Gasteiger partial charge in [0.1, 0.15) is 6.04 Å². The van der Waals surface area contributed by atoms with E-state index in [2.05, 4.69) is 5.32 Å². The van der Waals surface area contributed by atoms with Crippen LogP contribution in [-0.4, -0.2) is 65.7 Å². The second-order valence-corrected chi connectivity index (χ2v) is 4.21. The van der Waals surface area contributed by atoms with Crippen molar-refractivity contribution >= 4 is 12.0 Å². The SMILES string of the molecule is O=C([C@@H]1CCCN1C(=O)O)N1CCNCC1. The van der Waals surface area contributed by atoms with Crippen molar-refractivity contribution in [3.05, 3.63) is 0 Å². The quantitative estimate of drug-likeness (QED) is 0.637. The predicted octanol–water partition coefficient (Wildman–Crippen LogP) is -0.439. The van der Waals surface area contributed by atoms with Crippen LogP contribution in [0.15, 0.2) is 0 Å². The van der Waals surface area contributed by atoms with E-state index in [4.69, 9.17) is 5.11 Å². The van der Waals surface area contributed by atoms with Crippen molar-refractivity contribution in [2.75, 3.05) is 32.7 Å². The fourth-order valence-corrected chi connectivity index (χ4v) is 2.35. The molecule has 2 fully saturated rings. The first-order valence-electron chi connectivity index (χ1n) is 5.69. The smallest absolute Gasteiger partial charge is 0.407 e. The van der Waals surface area contributed by atoms with Crippen LogP contribution >= 0.6 is 0 Å². The van der Waals surface area contributed by atoms with E-state index >= 15 is 0 Å². The van der Waals surface area contributed by atoms with E-state index in [0.29, 0.717) is 26.1 Å². The van der Waals surface area contributed by atoms with Gasteiger partial charge in [-0.25, -0.2) is 4.79 Å². The second-order valence-electron chi connectivity index (χ2n) is 4.21. The van der Waals surface area contributed by atoms with Gasteiger partial charge in [0, 0.05) is 32.7 Å². The summed E-state index contributed by atoms with van der Waals surface area (Å²) in [5, 5.41) is 12.1. The lowest BCUT2D eigenvalue weighted by molar-refractivity contribution is -0.136. The van der Waals surface area contributed by atoms with Crippen molar-refractivity contribution in [1.82, 2.24) is 15.1 Å². The largest absolute Gasteiger partial charge is 0.465 e. The second kappa shape index (κ2) is 4.69. The van der Waals surface area contributed by atoms with Gasteiger partial charge in [-0.3, -0.25) is 9.69 Å². The Morgan fingerprint density at radius 3 is 2.50 bits per heavy atom. The molecule has 0 bridgehead atoms. The van der Waals surface area contributed by atoms with Crippen molar-refractivity contribution in [3.63, 3.8) is 0 Å². The molecule has 1 atom stereocenters. The third-order valence-corrected chi connectivity index (χ3v) is 3.21. The number of piperazine rings is 1. The maximum atomic E-state index is 12.1. The van der Waals surface area contributed by atoms with Crippen molar-refractivity contribution < 1.29 is 14.7 Å². The summed E-state index contributed by atoms with van der Waals surface area (Å²) in [6.45, 7) is 3.44. The third-order valence-electron chi connectivity index (χ3n) is 3.21. The van der Waals surface area contributed by atoms with Gasteiger partial charge in [0.05, 0.1) is 0 Å². The lowest BCUT2D eigenvalue weighted by atomic mass is 10.2. The summed E-state index contributed by atoms with van der Waals surface area (Å²) in [7, 11) is 0. The number of carbonyl (C=O) groups excluding carboxylic acids is 1. The van der Waals surface area contributed by atoms with Gasteiger partial charge >= 0.3 is 6.09 Å². The van der Waals surface area contributed by atoms with Crippen LogP contribution in [0.3, 0.4) is 0 Å². The molecule has 2 rings (SSSR count). The van der Waals surface area contributed by atoms with E-state index in [0.717, 1.165) is 19.5 Å². The molecule has 2 heterocycles. The molecule has 0 unspecified atom stereocenters. The molecule has 0 saturated carbocycles. The molecule has 0 aromatic carbocycles. The molecule has 6 heteroatoms. The maximum absolute atomic E-state index is 12.1. The minimum absolute atomic E-state index is 0.0265. The predicted molar refractivity (Wildman–Crippen MR) is 57.2 cm³/mol. The Hall–Kier alpha value is -1.30. The number of carboxylic acid groups (broad SMARTS) is 1. The van der Waals surface area contributed by atoms with Crippen LogP contribution in [0.2, 0.25) is 0 Å². The van der Waals surface area contributed by atoms with Crippen molar-refractivity contribution in [1.29, 1.82) is 0 Å². The Labute approximate surface area is 94.2 Å². The van der Waals surface area contributed by atoms with Crippen LogP contribution in [0.25, 0.3) is 0 Å². The fourth-order valence-electron chi connectivity index (χ4n) is 2.35. The van der Waals surface area contributed by atoms with Gasteiger partial charge in [0.2, 0.25) is 5.91 Å². The Morgan fingerprint density at radius 2 is 1.88 bits per heavy atom. The van der Waals surface area contributed by atoms with Crippen molar-refractivity contribution in [2.24, 2.45) is 0 Å². The van der Waals surface area contributed by atoms with Gasteiger partial charge in [-0.05, 0) is 12.8 Å². The van der Waals surface area contributed by atoms with Crippen LogP contribution in [0.5, 0.6) is 0 Å². The fraction of sp³-hybridized carbons (Fsp3) is 0.800. The maximum Gasteiger partial charge on any atom is 0.407 e. The summed E-state index contributed by atoms with van der Waals surface area (Å²) in [6, 6.07) is -0.449. The molecule has 0 aromatic heterocycles. The van der Waals surface area contributed by atoms with Gasteiger partial charge in [-0.1, -0.05) is 0 Å². The normalized spacial score (nSPS) is 25.9. The monoisotopic (exact) mass is 227 g/mol. The molecule has 0 spiro atoms. The molecular weight excluding hydrogens is 210 g/mol. The first-order valence-corrected chi connectivity index (χ1v) is 5.69. The highest BCUT2D eigenvalue weighted by Gasteiger charge is 2.36. The lowest BCUT2D eigenvalue weighted by Crippen LogP contribution is -2.53. The number of nitrogens with zero attached hydrogens (tertiary/aromatic N) is 2. The molecule has 2 aliphatic heterocycles. The summed E-state index contributed by atoms with van der Waals surface area (Å²) >= 11 is 0. The van der Waals surface area contributed by atoms with Gasteiger partial charge < -0.3 is 15.3 Å². The van der Waals surface area contributed by atoms with Crippen LogP contribution in [0, 0.1) is 0 Å². The molecule has 6 nitrogen and oxygen atoms in total. The number of likely N-dealkylation sites (tertiary alicyclic amines) is 1. The number of amides is 2. The summed E-state index contributed by atoms with van der Waals surface area (Å²) < 4.78 is 0. The zero-order chi connectivity index (χ0) is 11.5. The number of hydrogen-bond donors (Lipinski definition) is 2. The average Bonchev–Trinajstić information content (AvgIpc) is 2.78. The lowest BCUT2D eigenvalue weighted by Gasteiger charge is -2.31. The number of rotatable bonds is 1. The molecule has 2 N–H and O–H groups in total. The van der Waals surface area contributed by atoms with Crippen LogP contribution < -0.4 is 5.32 Å². The molecular formula is C10H17N3O3. The third kappa shape index (κ3) is 2.11. The molecule has 2 amide bonds. The molecule has 0 aliphatic carbocycles. The van der Waals surface area contributed by atoms with Crippen LogP contribution in [-0.2, 0) is 4.79 Å². The van der Waals surface area contributed by atoms with Gasteiger partial charge in [0.15, 0.2) is 0 Å². The van der Waals surface area contributed by atoms with E-state index < -0.39 is 12.1 Å². The average molecular weight is 227 g/mol. The van der Waals surface area contributed by atoms with E-state index in [9.17, 15) is 9.59 Å². The first kappa shape index (κ1) is 11.2. The Morgan fingerprint density at radius 1 is 1.19 bits per heavy atom.